The normalized spacial score (nSPS) is 28.4. The number of anilines is 1. The van der Waals surface area contributed by atoms with Gasteiger partial charge in [-0.05, 0) is 37.6 Å². The number of rotatable bonds is 3. The summed E-state index contributed by atoms with van der Waals surface area (Å²) in [6, 6.07) is 0. The van der Waals surface area contributed by atoms with Crippen molar-refractivity contribution >= 4 is 28.9 Å². The highest BCUT2D eigenvalue weighted by Gasteiger charge is 2.41. The standard InChI is InChI=1S/C15H21NO4S/c1-7-6-21-13(15(18)19-5)12(7)16-14(17)11-8(2)9(3)20-10(11)4/h6,8-11H,1-5H3,(H,16,17). The second-order valence-electron chi connectivity index (χ2n) is 5.53. The summed E-state index contributed by atoms with van der Waals surface area (Å²) in [7, 11) is 1.33. The van der Waals surface area contributed by atoms with Crippen molar-refractivity contribution in [3.05, 3.63) is 15.8 Å². The van der Waals surface area contributed by atoms with Crippen molar-refractivity contribution in [1.29, 1.82) is 0 Å². The molecule has 4 atom stereocenters. The van der Waals surface area contributed by atoms with Crippen LogP contribution in [0.1, 0.15) is 36.0 Å². The lowest BCUT2D eigenvalue weighted by Gasteiger charge is -2.18. The first-order chi connectivity index (χ1) is 9.86. The Balaban J connectivity index is 2.21. The molecular formula is C15H21NO4S. The highest BCUT2D eigenvalue weighted by Crippen LogP contribution is 2.35. The predicted molar refractivity (Wildman–Crippen MR) is 81.7 cm³/mol. The van der Waals surface area contributed by atoms with E-state index in [0.717, 1.165) is 5.56 Å². The van der Waals surface area contributed by atoms with Crippen LogP contribution < -0.4 is 5.32 Å². The Morgan fingerprint density at radius 3 is 2.48 bits per heavy atom. The van der Waals surface area contributed by atoms with Crippen LogP contribution in [0.5, 0.6) is 0 Å². The van der Waals surface area contributed by atoms with Gasteiger partial charge in [0.25, 0.3) is 0 Å². The maximum atomic E-state index is 12.6. The first-order valence-corrected chi connectivity index (χ1v) is 7.87. The minimum absolute atomic E-state index is 0.0550. The minimum atomic E-state index is -0.430. The number of hydrogen-bond donors (Lipinski definition) is 1. The van der Waals surface area contributed by atoms with Crippen molar-refractivity contribution in [2.75, 3.05) is 12.4 Å². The molecule has 0 radical (unpaired) electrons. The van der Waals surface area contributed by atoms with Crippen LogP contribution in [0.3, 0.4) is 0 Å². The number of hydrogen-bond acceptors (Lipinski definition) is 5. The third kappa shape index (κ3) is 2.96. The number of esters is 1. The predicted octanol–water partition coefficient (Wildman–Crippen LogP) is 2.84. The van der Waals surface area contributed by atoms with E-state index in [1.165, 1.54) is 18.4 Å². The fraction of sp³-hybridized carbons (Fsp3) is 0.600. The lowest BCUT2D eigenvalue weighted by atomic mass is 9.89. The maximum absolute atomic E-state index is 12.6. The molecule has 1 aromatic heterocycles. The third-order valence-corrected chi connectivity index (χ3v) is 5.22. The molecule has 1 N–H and O–H groups in total. The van der Waals surface area contributed by atoms with Crippen molar-refractivity contribution < 1.29 is 19.1 Å². The van der Waals surface area contributed by atoms with E-state index in [-0.39, 0.29) is 30.0 Å². The molecule has 116 valence electrons. The van der Waals surface area contributed by atoms with E-state index in [1.54, 1.807) is 0 Å². The lowest BCUT2D eigenvalue weighted by Crippen LogP contribution is -2.32. The van der Waals surface area contributed by atoms with E-state index in [2.05, 4.69) is 5.32 Å². The summed E-state index contributed by atoms with van der Waals surface area (Å²) in [5.74, 6) is -0.614. The van der Waals surface area contributed by atoms with Crippen molar-refractivity contribution in [3.63, 3.8) is 0 Å². The van der Waals surface area contributed by atoms with Crippen LogP contribution in [0, 0.1) is 18.8 Å². The van der Waals surface area contributed by atoms with Gasteiger partial charge in [0, 0.05) is 0 Å². The van der Waals surface area contributed by atoms with Gasteiger partial charge in [-0.25, -0.2) is 4.79 Å². The van der Waals surface area contributed by atoms with E-state index in [4.69, 9.17) is 9.47 Å². The first kappa shape index (κ1) is 16.0. The average Bonchev–Trinajstić information content (AvgIpc) is 2.90. The largest absolute Gasteiger partial charge is 0.465 e. The Labute approximate surface area is 128 Å². The first-order valence-electron chi connectivity index (χ1n) is 6.99. The molecule has 0 bridgehead atoms. The van der Waals surface area contributed by atoms with Crippen molar-refractivity contribution in [3.8, 4) is 0 Å². The number of aryl methyl sites for hydroxylation is 1. The Morgan fingerprint density at radius 2 is 1.95 bits per heavy atom. The zero-order valence-corrected chi connectivity index (χ0v) is 13.7. The number of nitrogens with one attached hydrogen (secondary N) is 1. The zero-order chi connectivity index (χ0) is 15.7. The van der Waals surface area contributed by atoms with E-state index in [1.807, 2.05) is 33.1 Å². The molecule has 0 spiro atoms. The average molecular weight is 311 g/mol. The van der Waals surface area contributed by atoms with Crippen molar-refractivity contribution in [1.82, 2.24) is 0 Å². The molecule has 6 heteroatoms. The third-order valence-electron chi connectivity index (χ3n) is 4.14. The quantitative estimate of drug-likeness (QED) is 0.872. The lowest BCUT2D eigenvalue weighted by molar-refractivity contribution is -0.121. The fourth-order valence-electron chi connectivity index (χ4n) is 2.77. The molecular weight excluding hydrogens is 290 g/mol. The summed E-state index contributed by atoms with van der Waals surface area (Å²) < 4.78 is 10.5. The molecule has 0 aromatic carbocycles. The van der Waals surface area contributed by atoms with E-state index in [0.29, 0.717) is 10.6 Å². The summed E-state index contributed by atoms with van der Waals surface area (Å²) in [5, 5.41) is 4.72. The van der Waals surface area contributed by atoms with Crippen LogP contribution in [-0.4, -0.2) is 31.2 Å². The van der Waals surface area contributed by atoms with Gasteiger partial charge >= 0.3 is 5.97 Å². The van der Waals surface area contributed by atoms with Gasteiger partial charge in [-0.15, -0.1) is 11.3 Å². The number of ether oxygens (including phenoxy) is 2. The summed E-state index contributed by atoms with van der Waals surface area (Å²) in [6.45, 7) is 7.76. The van der Waals surface area contributed by atoms with Gasteiger partial charge in [0.1, 0.15) is 4.88 Å². The molecule has 1 fully saturated rings. The molecule has 0 aliphatic carbocycles. The van der Waals surface area contributed by atoms with Gasteiger partial charge in [0.15, 0.2) is 0 Å². The van der Waals surface area contributed by atoms with Crippen molar-refractivity contribution in [2.45, 2.75) is 39.9 Å². The van der Waals surface area contributed by atoms with E-state index >= 15 is 0 Å². The second kappa shape index (κ2) is 6.15. The highest BCUT2D eigenvalue weighted by molar-refractivity contribution is 7.12. The Morgan fingerprint density at radius 1 is 1.29 bits per heavy atom. The maximum Gasteiger partial charge on any atom is 0.350 e. The second-order valence-corrected chi connectivity index (χ2v) is 6.41. The molecule has 2 rings (SSSR count). The smallest absolute Gasteiger partial charge is 0.350 e. The summed E-state index contributed by atoms with van der Waals surface area (Å²) in [6.07, 6.45) is -0.0742. The van der Waals surface area contributed by atoms with E-state index in [9.17, 15) is 9.59 Å². The molecule has 21 heavy (non-hydrogen) atoms. The van der Waals surface area contributed by atoms with Gasteiger partial charge in [-0.3, -0.25) is 4.79 Å². The molecule has 1 aromatic rings. The van der Waals surface area contributed by atoms with Gasteiger partial charge in [-0.2, -0.15) is 0 Å². The molecule has 1 aliphatic heterocycles. The van der Waals surface area contributed by atoms with Gasteiger partial charge in [-0.1, -0.05) is 6.92 Å². The highest BCUT2D eigenvalue weighted by atomic mass is 32.1. The monoisotopic (exact) mass is 311 g/mol. The molecule has 1 saturated heterocycles. The molecule has 4 unspecified atom stereocenters. The summed E-state index contributed by atoms with van der Waals surface area (Å²) in [5.41, 5.74) is 1.41. The molecule has 0 saturated carbocycles. The summed E-state index contributed by atoms with van der Waals surface area (Å²) >= 11 is 1.28. The Kier molecular flexibility index (Phi) is 4.68. The summed E-state index contributed by atoms with van der Waals surface area (Å²) in [4.78, 5) is 24.7. The van der Waals surface area contributed by atoms with Crippen LogP contribution >= 0.6 is 11.3 Å². The van der Waals surface area contributed by atoms with Crippen LogP contribution in [0.4, 0.5) is 5.69 Å². The van der Waals surface area contributed by atoms with Crippen LogP contribution in [-0.2, 0) is 14.3 Å². The van der Waals surface area contributed by atoms with Gasteiger partial charge in [0.05, 0.1) is 30.9 Å². The molecule has 2 heterocycles. The number of methoxy groups -OCH3 is 1. The number of thiophene rings is 1. The SMILES string of the molecule is COC(=O)c1scc(C)c1NC(=O)C1C(C)OC(C)C1C. The van der Waals surface area contributed by atoms with Gasteiger partial charge < -0.3 is 14.8 Å². The Hall–Kier alpha value is -1.40. The number of carbonyl (C=O) groups excluding carboxylic acids is 2. The van der Waals surface area contributed by atoms with Gasteiger partial charge in [0.2, 0.25) is 5.91 Å². The van der Waals surface area contributed by atoms with Crippen LogP contribution in [0.15, 0.2) is 5.38 Å². The zero-order valence-electron chi connectivity index (χ0n) is 12.9. The number of carbonyl (C=O) groups is 2. The molecule has 1 amide bonds. The van der Waals surface area contributed by atoms with Crippen LogP contribution in [0.2, 0.25) is 0 Å². The molecule has 1 aliphatic rings. The fourth-order valence-corrected chi connectivity index (χ4v) is 3.69. The molecule has 5 nitrogen and oxygen atoms in total. The minimum Gasteiger partial charge on any atom is -0.465 e. The number of amides is 1. The van der Waals surface area contributed by atoms with E-state index < -0.39 is 5.97 Å². The Bertz CT molecular complexity index is 554. The topological polar surface area (TPSA) is 64.6 Å². The van der Waals surface area contributed by atoms with Crippen LogP contribution in [0.25, 0.3) is 0 Å². The van der Waals surface area contributed by atoms with Crippen molar-refractivity contribution in [2.24, 2.45) is 11.8 Å².